The molecule has 0 aliphatic carbocycles. The lowest BCUT2D eigenvalue weighted by Crippen LogP contribution is -2.41. The van der Waals surface area contributed by atoms with Crippen molar-refractivity contribution >= 4 is 17.3 Å². The fraction of sp³-hybridized carbons (Fsp3) is 0.526. The first-order valence-electron chi connectivity index (χ1n) is 9.01. The minimum atomic E-state index is 0.596. The van der Waals surface area contributed by atoms with Gasteiger partial charge in [-0.1, -0.05) is 6.07 Å². The highest BCUT2D eigenvalue weighted by Crippen LogP contribution is 2.17. The number of nitrogens with zero attached hydrogens (tertiary/aromatic N) is 2. The first kappa shape index (κ1) is 18.0. The Morgan fingerprint density at radius 1 is 1.44 bits per heavy atom. The van der Waals surface area contributed by atoms with Gasteiger partial charge in [0.25, 0.3) is 0 Å². The lowest BCUT2D eigenvalue weighted by Gasteiger charge is -2.22. The van der Waals surface area contributed by atoms with E-state index in [2.05, 4.69) is 34.7 Å². The van der Waals surface area contributed by atoms with Gasteiger partial charge in [-0.15, -0.1) is 11.3 Å². The van der Waals surface area contributed by atoms with Gasteiger partial charge >= 0.3 is 0 Å². The van der Waals surface area contributed by atoms with Crippen molar-refractivity contribution in [3.8, 4) is 0 Å². The van der Waals surface area contributed by atoms with Crippen LogP contribution in [-0.4, -0.2) is 43.7 Å². The van der Waals surface area contributed by atoms with Crippen LogP contribution in [0.3, 0.4) is 0 Å². The van der Waals surface area contributed by atoms with Crippen molar-refractivity contribution in [3.63, 3.8) is 0 Å². The first-order valence-corrected chi connectivity index (χ1v) is 9.89. The summed E-state index contributed by atoms with van der Waals surface area (Å²) in [7, 11) is 0. The van der Waals surface area contributed by atoms with Crippen LogP contribution in [0.5, 0.6) is 0 Å². The Morgan fingerprint density at radius 3 is 3.16 bits per heavy atom. The monoisotopic (exact) mass is 361 g/mol. The number of thiophene rings is 1. The van der Waals surface area contributed by atoms with Crippen molar-refractivity contribution in [2.45, 2.75) is 26.3 Å². The molecule has 2 aromatic heterocycles. The molecule has 0 amide bonds. The molecule has 1 atom stereocenters. The van der Waals surface area contributed by atoms with E-state index in [1.54, 1.807) is 17.6 Å². The SMILES string of the molecule is CCOCC1CCN(C(=NCc2cccs2)NCCc2ccco2)C1. The maximum atomic E-state index is 5.60. The fourth-order valence-corrected chi connectivity index (χ4v) is 3.65. The Hall–Kier alpha value is -1.79. The number of ether oxygens (including phenoxy) is 1. The molecule has 0 bridgehead atoms. The molecule has 1 unspecified atom stereocenters. The summed E-state index contributed by atoms with van der Waals surface area (Å²) >= 11 is 1.75. The molecule has 25 heavy (non-hydrogen) atoms. The zero-order chi connectivity index (χ0) is 17.3. The molecular weight excluding hydrogens is 334 g/mol. The van der Waals surface area contributed by atoms with Gasteiger partial charge in [-0.05, 0) is 36.9 Å². The maximum absolute atomic E-state index is 5.60. The van der Waals surface area contributed by atoms with Crippen molar-refractivity contribution in [1.82, 2.24) is 10.2 Å². The van der Waals surface area contributed by atoms with Crippen LogP contribution < -0.4 is 5.32 Å². The summed E-state index contributed by atoms with van der Waals surface area (Å²) < 4.78 is 11.0. The molecule has 0 spiro atoms. The molecular formula is C19H27N3O2S. The van der Waals surface area contributed by atoms with Crippen LogP contribution in [0.25, 0.3) is 0 Å². The largest absolute Gasteiger partial charge is 0.469 e. The lowest BCUT2D eigenvalue weighted by atomic mass is 10.1. The molecule has 1 fully saturated rings. The van der Waals surface area contributed by atoms with E-state index < -0.39 is 0 Å². The first-order chi connectivity index (χ1) is 12.3. The van der Waals surface area contributed by atoms with E-state index in [0.29, 0.717) is 5.92 Å². The van der Waals surface area contributed by atoms with Gasteiger partial charge in [0.15, 0.2) is 5.96 Å². The molecule has 1 saturated heterocycles. The third kappa shape index (κ3) is 5.61. The van der Waals surface area contributed by atoms with E-state index in [0.717, 1.165) is 64.0 Å². The smallest absolute Gasteiger partial charge is 0.194 e. The summed E-state index contributed by atoms with van der Waals surface area (Å²) in [6, 6.07) is 8.15. The van der Waals surface area contributed by atoms with E-state index in [4.69, 9.17) is 14.1 Å². The second-order valence-corrected chi connectivity index (χ2v) is 7.27. The topological polar surface area (TPSA) is 50.0 Å². The number of guanidine groups is 1. The second kappa shape index (κ2) is 9.63. The summed E-state index contributed by atoms with van der Waals surface area (Å²) in [4.78, 5) is 8.50. The van der Waals surface area contributed by atoms with Crippen LogP contribution in [0, 0.1) is 5.92 Å². The van der Waals surface area contributed by atoms with Crippen LogP contribution in [0.1, 0.15) is 24.0 Å². The predicted molar refractivity (Wildman–Crippen MR) is 102 cm³/mol. The number of hydrogen-bond acceptors (Lipinski definition) is 4. The second-order valence-electron chi connectivity index (χ2n) is 6.24. The molecule has 1 aliphatic heterocycles. The van der Waals surface area contributed by atoms with Gasteiger partial charge in [-0.3, -0.25) is 0 Å². The molecule has 3 rings (SSSR count). The quantitative estimate of drug-likeness (QED) is 0.578. The summed E-state index contributed by atoms with van der Waals surface area (Å²) in [6.45, 7) is 7.29. The molecule has 1 aliphatic rings. The molecule has 5 nitrogen and oxygen atoms in total. The van der Waals surface area contributed by atoms with E-state index in [-0.39, 0.29) is 0 Å². The van der Waals surface area contributed by atoms with Crippen molar-refractivity contribution in [2.24, 2.45) is 10.9 Å². The Bertz CT molecular complexity index is 625. The minimum Gasteiger partial charge on any atom is -0.469 e. The average Bonchev–Trinajstić information content (AvgIpc) is 3.39. The molecule has 2 aromatic rings. The molecule has 1 N–H and O–H groups in total. The predicted octanol–water partition coefficient (Wildman–Crippen LogP) is 3.39. The normalized spacial score (nSPS) is 18.0. The Kier molecular flexibility index (Phi) is 6.94. The highest BCUT2D eigenvalue weighted by Gasteiger charge is 2.25. The summed E-state index contributed by atoms with van der Waals surface area (Å²) in [5.41, 5.74) is 0. The van der Waals surface area contributed by atoms with Crippen molar-refractivity contribution in [3.05, 3.63) is 46.5 Å². The van der Waals surface area contributed by atoms with Crippen molar-refractivity contribution in [2.75, 3.05) is 32.8 Å². The van der Waals surface area contributed by atoms with Crippen molar-refractivity contribution in [1.29, 1.82) is 0 Å². The van der Waals surface area contributed by atoms with Gasteiger partial charge in [0.1, 0.15) is 5.76 Å². The fourth-order valence-electron chi connectivity index (χ4n) is 3.02. The van der Waals surface area contributed by atoms with Gasteiger partial charge < -0.3 is 19.4 Å². The number of rotatable bonds is 8. The highest BCUT2D eigenvalue weighted by molar-refractivity contribution is 7.09. The molecule has 0 radical (unpaired) electrons. The Labute approximate surface area is 153 Å². The maximum Gasteiger partial charge on any atom is 0.194 e. The van der Waals surface area contributed by atoms with Gasteiger partial charge in [-0.2, -0.15) is 0 Å². The number of likely N-dealkylation sites (tertiary alicyclic amines) is 1. The van der Waals surface area contributed by atoms with Crippen LogP contribution in [0.15, 0.2) is 45.3 Å². The highest BCUT2D eigenvalue weighted by atomic mass is 32.1. The van der Waals surface area contributed by atoms with E-state index in [9.17, 15) is 0 Å². The van der Waals surface area contributed by atoms with Crippen LogP contribution in [0.4, 0.5) is 0 Å². The number of hydrogen-bond donors (Lipinski definition) is 1. The minimum absolute atomic E-state index is 0.596. The average molecular weight is 362 g/mol. The lowest BCUT2D eigenvalue weighted by molar-refractivity contribution is 0.114. The molecule has 6 heteroatoms. The van der Waals surface area contributed by atoms with Gasteiger partial charge in [0.05, 0.1) is 19.4 Å². The van der Waals surface area contributed by atoms with E-state index >= 15 is 0 Å². The zero-order valence-electron chi connectivity index (χ0n) is 14.8. The number of furan rings is 1. The molecule has 136 valence electrons. The number of aliphatic imine (C=N–C) groups is 1. The third-order valence-electron chi connectivity index (χ3n) is 4.34. The van der Waals surface area contributed by atoms with Crippen LogP contribution in [0.2, 0.25) is 0 Å². The number of nitrogens with one attached hydrogen (secondary N) is 1. The summed E-state index contributed by atoms with van der Waals surface area (Å²) in [5.74, 6) is 2.60. The molecule has 0 saturated carbocycles. The Balaban J connectivity index is 1.56. The van der Waals surface area contributed by atoms with Gasteiger partial charge in [0, 0.05) is 43.5 Å². The van der Waals surface area contributed by atoms with Gasteiger partial charge in [0.2, 0.25) is 0 Å². The zero-order valence-corrected chi connectivity index (χ0v) is 15.6. The van der Waals surface area contributed by atoms with E-state index in [1.165, 1.54) is 4.88 Å². The molecule has 0 aromatic carbocycles. The standard InChI is InChI=1S/C19H27N3O2S/c1-2-23-15-16-8-10-22(14-16)19(21-13-18-6-4-12-25-18)20-9-7-17-5-3-11-24-17/h3-6,11-12,16H,2,7-10,13-15H2,1H3,(H,20,21). The van der Waals surface area contributed by atoms with Crippen molar-refractivity contribution < 1.29 is 9.15 Å². The summed E-state index contributed by atoms with van der Waals surface area (Å²) in [5, 5.41) is 5.62. The molecule has 3 heterocycles. The summed E-state index contributed by atoms with van der Waals surface area (Å²) in [6.07, 6.45) is 3.75. The van der Waals surface area contributed by atoms with Crippen LogP contribution >= 0.6 is 11.3 Å². The van der Waals surface area contributed by atoms with Crippen LogP contribution in [-0.2, 0) is 17.7 Å². The Morgan fingerprint density at radius 2 is 2.40 bits per heavy atom. The van der Waals surface area contributed by atoms with E-state index in [1.807, 2.05) is 12.1 Å². The van der Waals surface area contributed by atoms with Gasteiger partial charge in [-0.25, -0.2) is 4.99 Å². The third-order valence-corrected chi connectivity index (χ3v) is 5.20.